The van der Waals surface area contributed by atoms with Crippen molar-refractivity contribution in [1.29, 1.82) is 0 Å². The zero-order valence-electron chi connectivity index (χ0n) is 17.2. The van der Waals surface area contributed by atoms with Gasteiger partial charge in [0.25, 0.3) is 5.91 Å². The van der Waals surface area contributed by atoms with Crippen LogP contribution < -0.4 is 10.5 Å². The van der Waals surface area contributed by atoms with Crippen LogP contribution in [0.15, 0.2) is 55.0 Å². The maximum absolute atomic E-state index is 14.6. The number of nitrogens with two attached hydrogens (primary N) is 1. The number of ether oxygens (including phenoxy) is 1. The van der Waals surface area contributed by atoms with E-state index in [4.69, 9.17) is 22.1 Å². The molecule has 1 aliphatic carbocycles. The average Bonchev–Trinajstić information content (AvgIpc) is 3.20. The van der Waals surface area contributed by atoms with E-state index < -0.39 is 29.7 Å². The topological polar surface area (TPSA) is 98.4 Å². The quantitative estimate of drug-likeness (QED) is 0.613. The molecule has 2 amide bonds. The molecule has 1 aromatic heterocycles. The molecule has 2 aromatic carbocycles. The van der Waals surface area contributed by atoms with Crippen molar-refractivity contribution >= 4 is 23.4 Å². The first-order valence-electron chi connectivity index (χ1n) is 9.91. The van der Waals surface area contributed by atoms with Gasteiger partial charge in [-0.15, -0.1) is 0 Å². The lowest BCUT2D eigenvalue weighted by Gasteiger charge is -2.35. The number of nitrogens with zero attached hydrogens (tertiary/aromatic N) is 3. The first kappa shape index (κ1) is 21.7. The SMILES string of the molecule is COc1ccccc1C(=O)N(C(C(N)=O)c1cnccn1)[C@@H]1CCc2c(F)cc(Cl)cc21. The van der Waals surface area contributed by atoms with E-state index in [1.807, 2.05) is 0 Å². The van der Waals surface area contributed by atoms with Gasteiger partial charge >= 0.3 is 0 Å². The Morgan fingerprint density at radius 3 is 2.75 bits per heavy atom. The number of hydrogen-bond donors (Lipinski definition) is 1. The second-order valence-electron chi connectivity index (χ2n) is 7.36. The molecule has 3 aromatic rings. The standard InChI is InChI=1S/C23H20ClFN4O3/c1-32-20-5-3-2-4-15(20)23(31)29(21(22(26)30)18-12-27-8-9-28-18)19-7-6-14-16(19)10-13(24)11-17(14)25/h2-5,8-12,19,21H,6-7H2,1H3,(H2,26,30)/t19-,21?/m1/s1. The van der Waals surface area contributed by atoms with Gasteiger partial charge in [-0.3, -0.25) is 19.6 Å². The highest BCUT2D eigenvalue weighted by Crippen LogP contribution is 2.43. The third-order valence-corrected chi connectivity index (χ3v) is 5.76. The van der Waals surface area contributed by atoms with Gasteiger partial charge in [0, 0.05) is 17.4 Å². The Morgan fingerprint density at radius 2 is 2.06 bits per heavy atom. The van der Waals surface area contributed by atoms with Crippen LogP contribution in [0.3, 0.4) is 0 Å². The fraction of sp³-hybridized carbons (Fsp3) is 0.217. The first-order chi connectivity index (χ1) is 15.4. The number of halogens is 2. The molecule has 2 atom stereocenters. The van der Waals surface area contributed by atoms with Crippen LogP contribution >= 0.6 is 11.6 Å². The summed E-state index contributed by atoms with van der Waals surface area (Å²) in [4.78, 5) is 36.1. The van der Waals surface area contributed by atoms with Crippen LogP contribution in [0.4, 0.5) is 4.39 Å². The minimum atomic E-state index is -1.24. The average molecular weight is 455 g/mol. The molecule has 0 saturated carbocycles. The number of methoxy groups -OCH3 is 1. The monoisotopic (exact) mass is 454 g/mol. The fourth-order valence-electron chi connectivity index (χ4n) is 4.19. The number of hydrogen-bond acceptors (Lipinski definition) is 5. The summed E-state index contributed by atoms with van der Waals surface area (Å²) in [6.45, 7) is 0. The number of carbonyl (C=O) groups is 2. The van der Waals surface area contributed by atoms with Crippen LogP contribution in [0.5, 0.6) is 5.75 Å². The van der Waals surface area contributed by atoms with Gasteiger partial charge in [-0.2, -0.15) is 0 Å². The van der Waals surface area contributed by atoms with Crippen molar-refractivity contribution in [3.8, 4) is 5.75 Å². The summed E-state index contributed by atoms with van der Waals surface area (Å²) in [6.07, 6.45) is 5.01. The highest BCUT2D eigenvalue weighted by molar-refractivity contribution is 6.30. The van der Waals surface area contributed by atoms with E-state index in [9.17, 15) is 14.0 Å². The molecule has 0 saturated heterocycles. The van der Waals surface area contributed by atoms with Crippen molar-refractivity contribution in [2.45, 2.75) is 24.9 Å². The van der Waals surface area contributed by atoms with Gasteiger partial charge in [0.2, 0.25) is 5.91 Å². The fourth-order valence-corrected chi connectivity index (χ4v) is 4.40. The molecule has 7 nitrogen and oxygen atoms in total. The van der Waals surface area contributed by atoms with Crippen LogP contribution in [0, 0.1) is 5.82 Å². The van der Waals surface area contributed by atoms with Crippen molar-refractivity contribution in [3.05, 3.63) is 88.2 Å². The van der Waals surface area contributed by atoms with E-state index in [1.54, 1.807) is 30.3 Å². The number of rotatable bonds is 6. The lowest BCUT2D eigenvalue weighted by molar-refractivity contribution is -0.123. The summed E-state index contributed by atoms with van der Waals surface area (Å²) in [5, 5.41) is 0.202. The van der Waals surface area contributed by atoms with Gasteiger partial charge < -0.3 is 15.4 Å². The molecular formula is C23H20ClFN4O3. The number of primary amides is 1. The molecule has 0 fully saturated rings. The number of para-hydroxylation sites is 1. The Bertz CT molecular complexity index is 1180. The van der Waals surface area contributed by atoms with Gasteiger partial charge in [0.05, 0.1) is 30.6 Å². The Hall–Kier alpha value is -3.52. The van der Waals surface area contributed by atoms with Crippen molar-refractivity contribution in [2.75, 3.05) is 7.11 Å². The van der Waals surface area contributed by atoms with E-state index in [2.05, 4.69) is 9.97 Å². The molecule has 164 valence electrons. The maximum Gasteiger partial charge on any atom is 0.259 e. The molecule has 0 radical (unpaired) electrons. The summed E-state index contributed by atoms with van der Waals surface area (Å²) in [5.74, 6) is -1.41. The molecule has 32 heavy (non-hydrogen) atoms. The second kappa shape index (κ2) is 8.92. The number of fused-ring (bicyclic) bond motifs is 1. The maximum atomic E-state index is 14.6. The highest BCUT2D eigenvalue weighted by Gasteiger charge is 2.41. The molecule has 0 bridgehead atoms. The lowest BCUT2D eigenvalue weighted by Crippen LogP contribution is -2.44. The molecule has 0 spiro atoms. The van der Waals surface area contributed by atoms with E-state index in [-0.39, 0.29) is 16.3 Å². The number of benzene rings is 2. The smallest absolute Gasteiger partial charge is 0.259 e. The zero-order valence-corrected chi connectivity index (χ0v) is 17.9. The van der Waals surface area contributed by atoms with Gasteiger partial charge in [-0.1, -0.05) is 23.7 Å². The summed E-state index contributed by atoms with van der Waals surface area (Å²) >= 11 is 6.12. The van der Waals surface area contributed by atoms with E-state index in [0.29, 0.717) is 29.7 Å². The van der Waals surface area contributed by atoms with Crippen molar-refractivity contribution in [1.82, 2.24) is 14.9 Å². The summed E-state index contributed by atoms with van der Waals surface area (Å²) in [6, 6.07) is 7.62. The summed E-state index contributed by atoms with van der Waals surface area (Å²) in [7, 11) is 1.45. The zero-order chi connectivity index (χ0) is 22.8. The summed E-state index contributed by atoms with van der Waals surface area (Å²) < 4.78 is 20.0. The molecule has 2 N–H and O–H groups in total. The number of amides is 2. The summed E-state index contributed by atoms with van der Waals surface area (Å²) in [5.41, 5.74) is 7.21. The van der Waals surface area contributed by atoms with Gasteiger partial charge in [0.15, 0.2) is 6.04 Å². The predicted octanol–water partition coefficient (Wildman–Crippen LogP) is 3.63. The minimum Gasteiger partial charge on any atom is -0.496 e. The molecule has 1 aliphatic rings. The predicted molar refractivity (Wildman–Crippen MR) is 116 cm³/mol. The molecule has 4 rings (SSSR count). The van der Waals surface area contributed by atoms with Crippen molar-refractivity contribution in [2.24, 2.45) is 5.73 Å². The largest absolute Gasteiger partial charge is 0.496 e. The van der Waals surface area contributed by atoms with Crippen LogP contribution in [-0.2, 0) is 11.2 Å². The molecule has 1 unspecified atom stereocenters. The van der Waals surface area contributed by atoms with Crippen LogP contribution in [0.2, 0.25) is 5.02 Å². The second-order valence-corrected chi connectivity index (χ2v) is 7.79. The Kier molecular flexibility index (Phi) is 6.05. The third kappa shape index (κ3) is 3.89. The van der Waals surface area contributed by atoms with Gasteiger partial charge in [-0.25, -0.2) is 4.39 Å². The third-order valence-electron chi connectivity index (χ3n) is 5.54. The molecule has 0 aliphatic heterocycles. The first-order valence-corrected chi connectivity index (χ1v) is 10.3. The van der Waals surface area contributed by atoms with Crippen molar-refractivity contribution in [3.63, 3.8) is 0 Å². The van der Waals surface area contributed by atoms with Gasteiger partial charge in [-0.05, 0) is 48.2 Å². The van der Waals surface area contributed by atoms with E-state index in [0.717, 1.165) is 0 Å². The highest BCUT2D eigenvalue weighted by atomic mass is 35.5. The van der Waals surface area contributed by atoms with Crippen LogP contribution in [0.25, 0.3) is 0 Å². The van der Waals surface area contributed by atoms with E-state index in [1.165, 1.54) is 36.7 Å². The van der Waals surface area contributed by atoms with Crippen molar-refractivity contribution < 1.29 is 18.7 Å². The Labute approximate surface area is 189 Å². The number of carbonyl (C=O) groups excluding carboxylic acids is 2. The lowest BCUT2D eigenvalue weighted by atomic mass is 10.0. The number of aromatic nitrogens is 2. The van der Waals surface area contributed by atoms with E-state index >= 15 is 0 Å². The normalized spacial score (nSPS) is 15.7. The van der Waals surface area contributed by atoms with Crippen LogP contribution in [0.1, 0.15) is 45.7 Å². The molecule has 1 heterocycles. The van der Waals surface area contributed by atoms with Crippen LogP contribution in [-0.4, -0.2) is 33.8 Å². The Balaban J connectivity index is 1.91. The Morgan fingerprint density at radius 1 is 1.28 bits per heavy atom. The van der Waals surface area contributed by atoms with Gasteiger partial charge in [0.1, 0.15) is 11.6 Å². The molecular weight excluding hydrogens is 435 g/mol. The molecule has 9 heteroatoms. The minimum absolute atomic E-state index is 0.202.